The first-order valence-electron chi connectivity index (χ1n) is 12.7. The zero-order chi connectivity index (χ0) is 22.3. The van der Waals surface area contributed by atoms with Crippen molar-refractivity contribution in [2.45, 2.75) is 136 Å². The predicted octanol–water partition coefficient (Wildman–Crippen LogP) is 7.69. The summed E-state index contributed by atoms with van der Waals surface area (Å²) in [6.07, 6.45) is 22.5. The quantitative estimate of drug-likeness (QED) is 0.108. The summed E-state index contributed by atoms with van der Waals surface area (Å²) in [5, 5.41) is 0. The maximum atomic E-state index is 11.9. The Morgan fingerprint density at radius 1 is 0.600 bits per heavy atom. The lowest BCUT2D eigenvalue weighted by molar-refractivity contribution is -0.144. The molecular weight excluding hydrogens is 376 g/mol. The first kappa shape index (κ1) is 28.7. The van der Waals surface area contributed by atoms with Crippen LogP contribution in [-0.4, -0.2) is 24.6 Å². The van der Waals surface area contributed by atoms with Gasteiger partial charge in [0.05, 0.1) is 6.61 Å². The minimum atomic E-state index is -0.462. The van der Waals surface area contributed by atoms with Crippen molar-refractivity contribution in [1.29, 1.82) is 0 Å². The molecule has 0 saturated carbocycles. The van der Waals surface area contributed by atoms with Crippen molar-refractivity contribution < 1.29 is 19.1 Å². The fourth-order valence-corrected chi connectivity index (χ4v) is 3.52. The Morgan fingerprint density at radius 2 is 1.10 bits per heavy atom. The van der Waals surface area contributed by atoms with Crippen molar-refractivity contribution in [2.75, 3.05) is 6.61 Å². The predicted molar refractivity (Wildman–Crippen MR) is 125 cm³/mol. The van der Waals surface area contributed by atoms with Crippen LogP contribution in [0.1, 0.15) is 130 Å². The number of hydrogen-bond donors (Lipinski definition) is 0. The van der Waals surface area contributed by atoms with E-state index in [1.807, 2.05) is 0 Å². The van der Waals surface area contributed by atoms with Crippen LogP contribution in [0.5, 0.6) is 0 Å². The molecule has 0 aromatic carbocycles. The van der Waals surface area contributed by atoms with E-state index in [9.17, 15) is 9.59 Å². The maximum Gasteiger partial charge on any atom is 0.331 e. The molecule has 0 bridgehead atoms. The largest absolute Gasteiger partial charge is 0.463 e. The average Bonchev–Trinajstić information content (AvgIpc) is 2.74. The molecule has 0 aliphatic carbocycles. The summed E-state index contributed by atoms with van der Waals surface area (Å²) >= 11 is 0. The van der Waals surface area contributed by atoms with Crippen molar-refractivity contribution in [1.82, 2.24) is 0 Å². The van der Waals surface area contributed by atoms with E-state index in [2.05, 4.69) is 20.8 Å². The Bertz CT molecular complexity index is 431. The van der Waals surface area contributed by atoms with Gasteiger partial charge in [0.1, 0.15) is 6.10 Å². The number of esters is 2. The first-order valence-corrected chi connectivity index (χ1v) is 12.7. The van der Waals surface area contributed by atoms with Crippen LogP contribution in [0.3, 0.4) is 0 Å². The third-order valence-corrected chi connectivity index (χ3v) is 5.37. The van der Waals surface area contributed by atoms with Crippen LogP contribution in [0.4, 0.5) is 0 Å². The highest BCUT2D eigenvalue weighted by molar-refractivity contribution is 5.91. The van der Waals surface area contributed by atoms with Crippen LogP contribution in [0.15, 0.2) is 12.2 Å². The highest BCUT2D eigenvalue weighted by atomic mass is 16.5. The van der Waals surface area contributed by atoms with Crippen molar-refractivity contribution in [2.24, 2.45) is 0 Å². The zero-order valence-corrected chi connectivity index (χ0v) is 20.1. The molecule has 0 aliphatic heterocycles. The van der Waals surface area contributed by atoms with Gasteiger partial charge in [0, 0.05) is 12.2 Å². The van der Waals surface area contributed by atoms with Crippen molar-refractivity contribution in [3.05, 3.63) is 12.2 Å². The Morgan fingerprint density at radius 3 is 1.63 bits per heavy atom. The first-order chi connectivity index (χ1) is 14.6. The molecule has 1 atom stereocenters. The molecule has 0 amide bonds. The lowest BCUT2D eigenvalue weighted by Crippen LogP contribution is -2.17. The molecular formula is C26H48O4. The molecule has 4 heteroatoms. The average molecular weight is 425 g/mol. The normalized spacial score (nSPS) is 12.2. The fraction of sp³-hybridized carbons (Fsp3) is 0.846. The molecule has 1 unspecified atom stereocenters. The van der Waals surface area contributed by atoms with E-state index >= 15 is 0 Å². The van der Waals surface area contributed by atoms with Gasteiger partial charge in [-0.3, -0.25) is 0 Å². The molecule has 4 nitrogen and oxygen atoms in total. The molecule has 0 N–H and O–H groups in total. The van der Waals surface area contributed by atoms with E-state index < -0.39 is 11.9 Å². The summed E-state index contributed by atoms with van der Waals surface area (Å²) in [6.45, 7) is 6.88. The fourth-order valence-electron chi connectivity index (χ4n) is 3.52. The second-order valence-corrected chi connectivity index (χ2v) is 8.38. The number of hydrogen-bond acceptors (Lipinski definition) is 4. The van der Waals surface area contributed by atoms with Crippen LogP contribution >= 0.6 is 0 Å². The van der Waals surface area contributed by atoms with Gasteiger partial charge in [-0.2, -0.15) is 0 Å². The lowest BCUT2D eigenvalue weighted by Gasteiger charge is -2.15. The summed E-state index contributed by atoms with van der Waals surface area (Å²) in [5.41, 5.74) is 0. The molecule has 0 aliphatic rings. The molecule has 0 rings (SSSR count). The molecule has 0 aromatic rings. The van der Waals surface area contributed by atoms with Gasteiger partial charge < -0.3 is 9.47 Å². The van der Waals surface area contributed by atoms with Gasteiger partial charge in [0.2, 0.25) is 0 Å². The number of carbonyl (C=O) groups is 2. The van der Waals surface area contributed by atoms with E-state index in [1.165, 1.54) is 76.4 Å². The van der Waals surface area contributed by atoms with Gasteiger partial charge in [-0.25, -0.2) is 9.59 Å². The highest BCUT2D eigenvalue weighted by Crippen LogP contribution is 2.13. The molecule has 0 heterocycles. The van der Waals surface area contributed by atoms with Crippen LogP contribution in [0.2, 0.25) is 0 Å². The van der Waals surface area contributed by atoms with Gasteiger partial charge in [-0.15, -0.1) is 0 Å². The smallest absolute Gasteiger partial charge is 0.331 e. The Hall–Kier alpha value is -1.32. The molecule has 0 fully saturated rings. The molecule has 0 spiro atoms. The molecule has 0 saturated heterocycles. The summed E-state index contributed by atoms with van der Waals surface area (Å²) in [6, 6.07) is 0. The maximum absolute atomic E-state index is 11.9. The summed E-state index contributed by atoms with van der Waals surface area (Å²) in [4.78, 5) is 23.6. The third-order valence-electron chi connectivity index (χ3n) is 5.37. The topological polar surface area (TPSA) is 52.6 Å². The van der Waals surface area contributed by atoms with E-state index in [0.717, 1.165) is 44.9 Å². The van der Waals surface area contributed by atoms with Gasteiger partial charge in [-0.1, -0.05) is 111 Å². The second-order valence-electron chi connectivity index (χ2n) is 8.38. The van der Waals surface area contributed by atoms with Crippen molar-refractivity contribution in [3.8, 4) is 0 Å². The van der Waals surface area contributed by atoms with Crippen LogP contribution in [0, 0.1) is 0 Å². The Kier molecular flexibility index (Phi) is 21.4. The molecule has 30 heavy (non-hydrogen) atoms. The monoisotopic (exact) mass is 424 g/mol. The van der Waals surface area contributed by atoms with E-state index in [4.69, 9.17) is 9.47 Å². The Labute approximate surface area is 186 Å². The van der Waals surface area contributed by atoms with Gasteiger partial charge in [0.15, 0.2) is 0 Å². The van der Waals surface area contributed by atoms with Gasteiger partial charge >= 0.3 is 11.9 Å². The Balaban J connectivity index is 3.62. The molecule has 0 aromatic heterocycles. The van der Waals surface area contributed by atoms with E-state index in [-0.39, 0.29) is 6.10 Å². The third kappa shape index (κ3) is 20.0. The van der Waals surface area contributed by atoms with E-state index in [0.29, 0.717) is 6.61 Å². The molecule has 176 valence electrons. The van der Waals surface area contributed by atoms with Crippen molar-refractivity contribution in [3.63, 3.8) is 0 Å². The number of carbonyl (C=O) groups excluding carboxylic acids is 2. The minimum absolute atomic E-state index is 0.0517. The highest BCUT2D eigenvalue weighted by Gasteiger charge is 2.11. The molecule has 0 radical (unpaired) electrons. The number of rotatable bonds is 21. The summed E-state index contributed by atoms with van der Waals surface area (Å²) in [5.74, 6) is -0.914. The van der Waals surface area contributed by atoms with E-state index in [1.54, 1.807) is 0 Å². The number of unbranched alkanes of at least 4 members (excludes halogenated alkanes) is 12. The van der Waals surface area contributed by atoms with Crippen LogP contribution < -0.4 is 0 Å². The van der Waals surface area contributed by atoms with Crippen LogP contribution in [-0.2, 0) is 19.1 Å². The number of ether oxygens (including phenoxy) is 2. The lowest BCUT2D eigenvalue weighted by atomic mass is 10.1. The standard InChI is InChI=1S/C26H48O4/c1-4-7-9-10-11-12-13-14-15-16-17-18-23-29-25(27)21-22-26(28)30-24(19-6-3)20-8-5-2/h21-22,24H,4-20,23H2,1-3H3/b22-21+. The minimum Gasteiger partial charge on any atom is -0.463 e. The second kappa shape index (κ2) is 22.4. The van der Waals surface area contributed by atoms with Crippen LogP contribution in [0.25, 0.3) is 0 Å². The van der Waals surface area contributed by atoms with Crippen molar-refractivity contribution >= 4 is 11.9 Å². The van der Waals surface area contributed by atoms with Gasteiger partial charge in [-0.05, 0) is 19.3 Å². The SMILES string of the molecule is CCCCCCCCCCCCCCOC(=O)/C=C/C(=O)OC(CCC)CCCC. The summed E-state index contributed by atoms with van der Waals surface area (Å²) < 4.78 is 10.6. The summed E-state index contributed by atoms with van der Waals surface area (Å²) in [7, 11) is 0. The zero-order valence-electron chi connectivity index (χ0n) is 20.1. The van der Waals surface area contributed by atoms with Gasteiger partial charge in [0.25, 0.3) is 0 Å².